The number of fused-ring (bicyclic) bond motifs is 1. The predicted molar refractivity (Wildman–Crippen MR) is 109 cm³/mol. The summed E-state index contributed by atoms with van der Waals surface area (Å²) in [5, 5.41) is 7.38. The molecule has 4 aromatic rings. The summed E-state index contributed by atoms with van der Waals surface area (Å²) < 4.78 is 35.4. The highest BCUT2D eigenvalue weighted by Gasteiger charge is 2.17. The van der Waals surface area contributed by atoms with Crippen molar-refractivity contribution in [2.24, 2.45) is 0 Å². The molecule has 2 aromatic carbocycles. The van der Waals surface area contributed by atoms with Crippen molar-refractivity contribution in [2.75, 3.05) is 36.5 Å². The Morgan fingerprint density at radius 3 is 2.37 bits per heavy atom. The van der Waals surface area contributed by atoms with E-state index >= 15 is 0 Å². The molecule has 0 atom stereocenters. The Balaban J connectivity index is 1.49. The Morgan fingerprint density at radius 1 is 0.900 bits per heavy atom. The first-order valence-corrected chi connectivity index (χ1v) is 9.55. The van der Waals surface area contributed by atoms with Gasteiger partial charge in [-0.15, -0.1) is 0 Å². The monoisotopic (exact) mass is 408 g/mol. The molecule has 0 radical (unpaired) electrons. The van der Waals surface area contributed by atoms with E-state index in [0.29, 0.717) is 24.8 Å². The zero-order valence-corrected chi connectivity index (χ0v) is 15.9. The highest BCUT2D eigenvalue weighted by atomic mass is 19.1. The average Bonchev–Trinajstić information content (AvgIpc) is 3.24. The molecule has 5 rings (SSSR count). The highest BCUT2D eigenvalue weighted by Crippen LogP contribution is 2.26. The third-order valence-corrected chi connectivity index (χ3v) is 4.94. The summed E-state index contributed by atoms with van der Waals surface area (Å²) in [4.78, 5) is 10.9. The molecule has 0 saturated carbocycles. The van der Waals surface area contributed by atoms with Crippen molar-refractivity contribution in [3.8, 4) is 11.4 Å². The zero-order valence-electron chi connectivity index (χ0n) is 15.9. The fourth-order valence-corrected chi connectivity index (χ4v) is 3.44. The summed E-state index contributed by atoms with van der Waals surface area (Å²) in [6, 6.07) is 13.2. The van der Waals surface area contributed by atoms with Gasteiger partial charge in [0.25, 0.3) is 0 Å². The Morgan fingerprint density at radius 2 is 1.63 bits per heavy atom. The normalized spacial score (nSPS) is 14.3. The quantitative estimate of drug-likeness (QED) is 0.556. The van der Waals surface area contributed by atoms with Crippen molar-refractivity contribution in [3.05, 3.63) is 66.4 Å². The van der Waals surface area contributed by atoms with Gasteiger partial charge in [0, 0.05) is 30.5 Å². The van der Waals surface area contributed by atoms with Crippen LogP contribution in [-0.4, -0.2) is 45.9 Å². The Bertz CT molecular complexity index is 1170. The molecular weight excluding hydrogens is 390 g/mol. The maximum absolute atomic E-state index is 14.3. The van der Waals surface area contributed by atoms with Crippen molar-refractivity contribution in [3.63, 3.8) is 0 Å². The topological polar surface area (TPSA) is 67.6 Å². The molecule has 0 amide bonds. The van der Waals surface area contributed by atoms with Gasteiger partial charge in [-0.25, -0.2) is 13.8 Å². The second kappa shape index (κ2) is 7.68. The van der Waals surface area contributed by atoms with Gasteiger partial charge < -0.3 is 15.0 Å². The van der Waals surface area contributed by atoms with Crippen molar-refractivity contribution < 1.29 is 13.5 Å². The number of anilines is 3. The number of hydrogen-bond acceptors (Lipinski definition) is 6. The van der Waals surface area contributed by atoms with Gasteiger partial charge in [-0.1, -0.05) is 6.07 Å². The number of aromatic nitrogens is 4. The minimum absolute atomic E-state index is 0.0500. The molecule has 152 valence electrons. The van der Waals surface area contributed by atoms with E-state index in [2.05, 4.69) is 25.3 Å². The van der Waals surface area contributed by atoms with Crippen LogP contribution in [0.15, 0.2) is 54.7 Å². The van der Waals surface area contributed by atoms with E-state index < -0.39 is 11.6 Å². The first-order chi connectivity index (χ1) is 14.7. The third kappa shape index (κ3) is 3.43. The lowest BCUT2D eigenvalue weighted by molar-refractivity contribution is 0.122. The largest absolute Gasteiger partial charge is 0.378 e. The second-order valence-electron chi connectivity index (χ2n) is 6.84. The Hall–Kier alpha value is -3.59. The Labute approximate surface area is 170 Å². The molecule has 0 bridgehead atoms. The van der Waals surface area contributed by atoms with Crippen LogP contribution in [0.5, 0.6) is 0 Å². The second-order valence-corrected chi connectivity index (χ2v) is 6.84. The number of hydrogen-bond donors (Lipinski definition) is 1. The fraction of sp³-hybridized carbons (Fsp3) is 0.190. The molecule has 1 N–H and O–H groups in total. The van der Waals surface area contributed by atoms with E-state index in [0.717, 1.165) is 24.5 Å². The smallest absolute Gasteiger partial charge is 0.232 e. The predicted octanol–water partition coefficient (Wildman–Crippen LogP) is 3.65. The molecule has 3 heterocycles. The van der Waals surface area contributed by atoms with Crippen LogP contribution < -0.4 is 10.2 Å². The lowest BCUT2D eigenvalue weighted by Crippen LogP contribution is -2.36. The summed E-state index contributed by atoms with van der Waals surface area (Å²) in [6.07, 6.45) is 1.55. The van der Waals surface area contributed by atoms with Crippen molar-refractivity contribution in [2.45, 2.75) is 0 Å². The summed E-state index contributed by atoms with van der Waals surface area (Å²) in [7, 11) is 0. The number of nitrogens with zero attached hydrogens (tertiary/aromatic N) is 5. The summed E-state index contributed by atoms with van der Waals surface area (Å²) in [5.41, 5.74) is 2.02. The van der Waals surface area contributed by atoms with Crippen LogP contribution >= 0.6 is 0 Å². The van der Waals surface area contributed by atoms with Crippen LogP contribution in [0.25, 0.3) is 17.0 Å². The molecule has 30 heavy (non-hydrogen) atoms. The van der Waals surface area contributed by atoms with Gasteiger partial charge in [-0.3, -0.25) is 0 Å². The van der Waals surface area contributed by atoms with E-state index in [4.69, 9.17) is 4.74 Å². The van der Waals surface area contributed by atoms with E-state index in [1.807, 2.05) is 24.3 Å². The van der Waals surface area contributed by atoms with Crippen LogP contribution in [0, 0.1) is 11.6 Å². The van der Waals surface area contributed by atoms with Gasteiger partial charge in [-0.05, 0) is 36.4 Å². The van der Waals surface area contributed by atoms with Gasteiger partial charge in [0.1, 0.15) is 11.6 Å². The van der Waals surface area contributed by atoms with E-state index in [1.54, 1.807) is 12.3 Å². The standard InChI is InChI=1S/C21H18F2N6O/c22-16-2-1-3-17(23)19(16)20-26-18-8-9-24-29(18)21(27-20)25-14-4-6-15(7-5-14)28-10-12-30-13-11-28/h1-9H,10-13H2,(H,25,26,27). The van der Waals surface area contributed by atoms with Gasteiger partial charge in [0.05, 0.1) is 25.0 Å². The minimum atomic E-state index is -0.723. The first-order valence-electron chi connectivity index (χ1n) is 9.55. The van der Waals surface area contributed by atoms with Gasteiger partial charge in [0.15, 0.2) is 11.5 Å². The van der Waals surface area contributed by atoms with Gasteiger partial charge in [0.2, 0.25) is 5.95 Å². The maximum atomic E-state index is 14.3. The molecule has 1 aliphatic heterocycles. The summed E-state index contributed by atoms with van der Waals surface area (Å²) >= 11 is 0. The maximum Gasteiger partial charge on any atom is 0.232 e. The van der Waals surface area contributed by atoms with Crippen LogP contribution in [0.1, 0.15) is 0 Å². The van der Waals surface area contributed by atoms with Crippen LogP contribution in [0.4, 0.5) is 26.1 Å². The molecule has 0 unspecified atom stereocenters. The molecular formula is C21H18F2N6O. The molecule has 0 aliphatic carbocycles. The van der Waals surface area contributed by atoms with Crippen molar-refractivity contribution >= 4 is 23.0 Å². The van der Waals surface area contributed by atoms with Crippen LogP contribution in [0.2, 0.25) is 0 Å². The number of halogens is 2. The molecule has 7 nitrogen and oxygen atoms in total. The van der Waals surface area contributed by atoms with Gasteiger partial charge in [-0.2, -0.15) is 14.6 Å². The highest BCUT2D eigenvalue weighted by molar-refractivity contribution is 5.65. The fourth-order valence-electron chi connectivity index (χ4n) is 3.44. The average molecular weight is 408 g/mol. The zero-order chi connectivity index (χ0) is 20.5. The Kier molecular flexibility index (Phi) is 4.72. The number of rotatable bonds is 4. The van der Waals surface area contributed by atoms with Crippen LogP contribution in [0.3, 0.4) is 0 Å². The van der Waals surface area contributed by atoms with E-state index in [-0.39, 0.29) is 11.4 Å². The van der Waals surface area contributed by atoms with E-state index in [1.165, 1.54) is 22.7 Å². The number of ether oxygens (including phenoxy) is 1. The number of nitrogens with one attached hydrogen (secondary N) is 1. The summed E-state index contributed by atoms with van der Waals surface area (Å²) in [6.45, 7) is 3.13. The lowest BCUT2D eigenvalue weighted by Gasteiger charge is -2.28. The molecule has 1 aliphatic rings. The molecule has 1 fully saturated rings. The molecule has 0 spiro atoms. The van der Waals surface area contributed by atoms with E-state index in [9.17, 15) is 8.78 Å². The van der Waals surface area contributed by atoms with Gasteiger partial charge >= 0.3 is 0 Å². The van der Waals surface area contributed by atoms with Crippen molar-refractivity contribution in [1.29, 1.82) is 0 Å². The third-order valence-electron chi connectivity index (χ3n) is 4.94. The molecule has 1 saturated heterocycles. The van der Waals surface area contributed by atoms with Crippen LogP contribution in [-0.2, 0) is 4.74 Å². The van der Waals surface area contributed by atoms with Crippen molar-refractivity contribution in [1.82, 2.24) is 19.6 Å². The summed E-state index contributed by atoms with van der Waals surface area (Å²) in [5.74, 6) is -1.19. The number of benzene rings is 2. The first kappa shape index (κ1) is 18.4. The molecule has 9 heteroatoms. The minimum Gasteiger partial charge on any atom is -0.378 e. The SMILES string of the molecule is Fc1cccc(F)c1-c1nc(Nc2ccc(N3CCOCC3)cc2)n2nccc2n1. The lowest BCUT2D eigenvalue weighted by atomic mass is 10.2. The molecule has 2 aromatic heterocycles. The number of morpholine rings is 1.